The molecule has 0 saturated carbocycles. The molecular formula is C11H12N4O2. The van der Waals surface area contributed by atoms with Crippen LogP contribution >= 0.6 is 0 Å². The Bertz CT molecular complexity index is 509. The van der Waals surface area contributed by atoms with Gasteiger partial charge >= 0.3 is 5.97 Å². The number of pyridine rings is 1. The van der Waals surface area contributed by atoms with Crippen LogP contribution in [0.3, 0.4) is 0 Å². The third-order valence-electron chi connectivity index (χ3n) is 2.31. The lowest BCUT2D eigenvalue weighted by atomic mass is 10.2. The molecule has 2 heterocycles. The zero-order valence-electron chi connectivity index (χ0n) is 9.00. The molecule has 2 aromatic heterocycles. The first-order chi connectivity index (χ1) is 8.16. The first kappa shape index (κ1) is 11.3. The summed E-state index contributed by atoms with van der Waals surface area (Å²) in [6.07, 6.45) is 4.84. The number of aliphatic carboxylic acids is 1. The van der Waals surface area contributed by atoms with Crippen LogP contribution < -0.4 is 5.73 Å². The van der Waals surface area contributed by atoms with Crippen LogP contribution in [0.15, 0.2) is 30.7 Å². The fourth-order valence-electron chi connectivity index (χ4n) is 1.48. The molecule has 1 atom stereocenters. The van der Waals surface area contributed by atoms with Crippen molar-refractivity contribution in [3.05, 3.63) is 36.5 Å². The summed E-state index contributed by atoms with van der Waals surface area (Å²) in [6.45, 7) is 0. The van der Waals surface area contributed by atoms with Gasteiger partial charge in [-0.15, -0.1) is 0 Å². The van der Waals surface area contributed by atoms with Gasteiger partial charge in [-0.25, -0.2) is 4.98 Å². The molecule has 0 aliphatic heterocycles. The molecule has 0 aliphatic carbocycles. The average molecular weight is 232 g/mol. The van der Waals surface area contributed by atoms with Crippen molar-refractivity contribution < 1.29 is 9.90 Å². The van der Waals surface area contributed by atoms with Crippen LogP contribution in [0.25, 0.3) is 11.3 Å². The number of carboxylic acids is 1. The number of nitrogens with one attached hydrogen (secondary N) is 1. The van der Waals surface area contributed by atoms with Gasteiger partial charge < -0.3 is 15.8 Å². The smallest absolute Gasteiger partial charge is 0.305 e. The van der Waals surface area contributed by atoms with Gasteiger partial charge in [-0.2, -0.15) is 0 Å². The lowest BCUT2D eigenvalue weighted by Crippen LogP contribution is -2.16. The lowest BCUT2D eigenvalue weighted by molar-refractivity contribution is -0.137. The number of nitrogens with zero attached hydrogens (tertiary/aromatic N) is 2. The van der Waals surface area contributed by atoms with Gasteiger partial charge in [0.15, 0.2) is 0 Å². The van der Waals surface area contributed by atoms with Crippen LogP contribution in [0.1, 0.15) is 18.3 Å². The van der Waals surface area contributed by atoms with Crippen molar-refractivity contribution in [3.8, 4) is 11.3 Å². The van der Waals surface area contributed by atoms with Gasteiger partial charge in [0.2, 0.25) is 0 Å². The molecule has 88 valence electrons. The van der Waals surface area contributed by atoms with Crippen molar-refractivity contribution in [1.82, 2.24) is 15.0 Å². The first-order valence-corrected chi connectivity index (χ1v) is 5.09. The molecule has 0 aliphatic rings. The molecule has 6 nitrogen and oxygen atoms in total. The maximum Gasteiger partial charge on any atom is 0.305 e. The van der Waals surface area contributed by atoms with Crippen LogP contribution in [0, 0.1) is 0 Å². The van der Waals surface area contributed by atoms with Gasteiger partial charge in [0.05, 0.1) is 24.4 Å². The summed E-state index contributed by atoms with van der Waals surface area (Å²) in [5.74, 6) is -0.483. The number of carbonyl (C=O) groups is 1. The number of carboxylic acid groups (broad SMARTS) is 1. The highest BCUT2D eigenvalue weighted by Crippen LogP contribution is 2.18. The third kappa shape index (κ3) is 2.67. The molecule has 0 amide bonds. The summed E-state index contributed by atoms with van der Waals surface area (Å²) in [6, 6.07) is 3.07. The van der Waals surface area contributed by atoms with E-state index in [2.05, 4.69) is 15.0 Å². The van der Waals surface area contributed by atoms with Gasteiger partial charge in [-0.05, 0) is 12.1 Å². The summed E-state index contributed by atoms with van der Waals surface area (Å²) >= 11 is 0. The molecule has 0 saturated heterocycles. The van der Waals surface area contributed by atoms with Gasteiger partial charge in [0.25, 0.3) is 0 Å². The highest BCUT2D eigenvalue weighted by molar-refractivity contribution is 5.67. The normalized spacial score (nSPS) is 12.3. The van der Waals surface area contributed by atoms with Gasteiger partial charge in [-0.3, -0.25) is 9.78 Å². The molecule has 0 fully saturated rings. The highest BCUT2D eigenvalue weighted by atomic mass is 16.4. The molecular weight excluding hydrogens is 220 g/mol. The molecule has 0 bridgehead atoms. The van der Waals surface area contributed by atoms with Crippen LogP contribution in [0.4, 0.5) is 0 Å². The Morgan fingerprint density at radius 2 is 2.35 bits per heavy atom. The lowest BCUT2D eigenvalue weighted by Gasteiger charge is -2.04. The molecule has 0 spiro atoms. The van der Waals surface area contributed by atoms with E-state index in [9.17, 15) is 4.79 Å². The fraction of sp³-hybridized carbons (Fsp3) is 0.182. The van der Waals surface area contributed by atoms with E-state index in [1.807, 2.05) is 12.1 Å². The second kappa shape index (κ2) is 4.75. The summed E-state index contributed by atoms with van der Waals surface area (Å²) in [4.78, 5) is 21.6. The number of nitrogens with two attached hydrogens (primary N) is 1. The molecule has 2 aromatic rings. The zero-order chi connectivity index (χ0) is 12.3. The van der Waals surface area contributed by atoms with E-state index in [4.69, 9.17) is 10.8 Å². The van der Waals surface area contributed by atoms with Crippen LogP contribution in [0.2, 0.25) is 0 Å². The van der Waals surface area contributed by atoms with Crippen molar-refractivity contribution >= 4 is 5.97 Å². The van der Waals surface area contributed by atoms with Crippen LogP contribution in [-0.4, -0.2) is 26.0 Å². The standard InChI is InChI=1S/C11H12N4O2/c12-8(4-10(16)17)11-14-6-9(15-11)7-2-1-3-13-5-7/h1-3,5-6,8H,4,12H2,(H,14,15)(H,16,17). The molecule has 0 radical (unpaired) electrons. The summed E-state index contributed by atoms with van der Waals surface area (Å²) in [5.41, 5.74) is 7.35. The van der Waals surface area contributed by atoms with Crippen molar-refractivity contribution in [2.75, 3.05) is 0 Å². The number of hydrogen-bond acceptors (Lipinski definition) is 4. The second-order valence-electron chi connectivity index (χ2n) is 3.63. The van der Waals surface area contributed by atoms with Gasteiger partial charge in [-0.1, -0.05) is 0 Å². The number of hydrogen-bond donors (Lipinski definition) is 3. The van der Waals surface area contributed by atoms with Gasteiger partial charge in [0.1, 0.15) is 5.82 Å². The SMILES string of the molecule is NC(CC(=O)O)c1ncc(-c2cccnc2)[nH]1. The summed E-state index contributed by atoms with van der Waals surface area (Å²) in [7, 11) is 0. The minimum absolute atomic E-state index is 0.153. The van der Waals surface area contributed by atoms with Crippen molar-refractivity contribution in [2.24, 2.45) is 5.73 Å². The Kier molecular flexibility index (Phi) is 3.15. The minimum Gasteiger partial charge on any atom is -0.481 e. The Morgan fingerprint density at radius 1 is 1.53 bits per heavy atom. The number of imidazole rings is 1. The molecule has 0 aromatic carbocycles. The molecule has 2 rings (SSSR count). The predicted molar refractivity (Wildman–Crippen MR) is 61.0 cm³/mol. The Balaban J connectivity index is 2.19. The quantitative estimate of drug-likeness (QED) is 0.727. The first-order valence-electron chi connectivity index (χ1n) is 5.09. The number of rotatable bonds is 4. The Morgan fingerprint density at radius 3 is 3.00 bits per heavy atom. The van der Waals surface area contributed by atoms with E-state index >= 15 is 0 Å². The Labute approximate surface area is 97.5 Å². The van der Waals surface area contributed by atoms with E-state index in [1.54, 1.807) is 18.6 Å². The molecule has 4 N–H and O–H groups in total. The summed E-state index contributed by atoms with van der Waals surface area (Å²) in [5, 5.41) is 8.64. The predicted octanol–water partition coefficient (Wildman–Crippen LogP) is 0.946. The number of aromatic amines is 1. The number of aromatic nitrogens is 3. The van der Waals surface area contributed by atoms with E-state index in [0.29, 0.717) is 5.82 Å². The minimum atomic E-state index is -0.947. The van der Waals surface area contributed by atoms with Crippen molar-refractivity contribution in [2.45, 2.75) is 12.5 Å². The topological polar surface area (TPSA) is 105 Å². The van der Waals surface area contributed by atoms with E-state index < -0.39 is 12.0 Å². The van der Waals surface area contributed by atoms with Crippen molar-refractivity contribution in [3.63, 3.8) is 0 Å². The average Bonchev–Trinajstić information content (AvgIpc) is 2.78. The van der Waals surface area contributed by atoms with Gasteiger partial charge in [0, 0.05) is 18.0 Å². The fourth-order valence-corrected chi connectivity index (χ4v) is 1.48. The van der Waals surface area contributed by atoms with E-state index in [-0.39, 0.29) is 6.42 Å². The van der Waals surface area contributed by atoms with Crippen molar-refractivity contribution in [1.29, 1.82) is 0 Å². The monoisotopic (exact) mass is 232 g/mol. The Hall–Kier alpha value is -2.21. The maximum absolute atomic E-state index is 10.5. The largest absolute Gasteiger partial charge is 0.481 e. The van der Waals surface area contributed by atoms with E-state index in [1.165, 1.54) is 0 Å². The zero-order valence-corrected chi connectivity index (χ0v) is 9.00. The van der Waals surface area contributed by atoms with Crippen LogP contribution in [0.5, 0.6) is 0 Å². The molecule has 1 unspecified atom stereocenters. The van der Waals surface area contributed by atoms with Crippen LogP contribution in [-0.2, 0) is 4.79 Å². The second-order valence-corrected chi connectivity index (χ2v) is 3.63. The summed E-state index contributed by atoms with van der Waals surface area (Å²) < 4.78 is 0. The molecule has 6 heteroatoms. The highest BCUT2D eigenvalue weighted by Gasteiger charge is 2.14. The number of H-pyrrole nitrogens is 1. The molecule has 17 heavy (non-hydrogen) atoms. The third-order valence-corrected chi connectivity index (χ3v) is 2.31. The maximum atomic E-state index is 10.5. The van der Waals surface area contributed by atoms with E-state index in [0.717, 1.165) is 11.3 Å².